The summed E-state index contributed by atoms with van der Waals surface area (Å²) in [6.07, 6.45) is 1.10. The minimum Gasteiger partial charge on any atom is -0.247 e. The fourth-order valence-electron chi connectivity index (χ4n) is 3.69. The molecule has 2 atom stereocenters. The van der Waals surface area contributed by atoms with Gasteiger partial charge in [-0.2, -0.15) is 0 Å². The van der Waals surface area contributed by atoms with E-state index in [9.17, 15) is 8.78 Å². The van der Waals surface area contributed by atoms with Crippen molar-refractivity contribution in [3.8, 4) is 11.1 Å². The van der Waals surface area contributed by atoms with Gasteiger partial charge in [0.25, 0.3) is 0 Å². The van der Waals surface area contributed by atoms with Crippen molar-refractivity contribution in [2.75, 3.05) is 0 Å². The maximum Gasteiger partial charge on any atom is 0.103 e. The van der Waals surface area contributed by atoms with Crippen molar-refractivity contribution < 1.29 is 8.78 Å². The molecular weight excluding hydrogens is 290 g/mol. The summed E-state index contributed by atoms with van der Waals surface area (Å²) in [6.45, 7) is 2.17. The van der Waals surface area contributed by atoms with Gasteiger partial charge in [-0.15, -0.1) is 0 Å². The first-order valence-electron chi connectivity index (χ1n) is 8.63. The first-order chi connectivity index (χ1) is 11.2. The highest BCUT2D eigenvalue weighted by atomic mass is 19.1. The van der Waals surface area contributed by atoms with Crippen LogP contribution in [0.1, 0.15) is 49.7 Å². The Hall–Kier alpha value is -1.70. The van der Waals surface area contributed by atoms with Gasteiger partial charge in [-0.25, -0.2) is 8.78 Å². The molecule has 0 saturated heterocycles. The highest BCUT2D eigenvalue weighted by Gasteiger charge is 2.30. The van der Waals surface area contributed by atoms with Crippen molar-refractivity contribution in [2.24, 2.45) is 0 Å². The molecule has 1 aliphatic carbocycles. The molecule has 0 heterocycles. The van der Waals surface area contributed by atoms with E-state index in [2.05, 4.69) is 37.3 Å². The Morgan fingerprint density at radius 3 is 2.17 bits per heavy atom. The van der Waals surface area contributed by atoms with E-state index < -0.39 is 12.3 Å². The predicted octanol–water partition coefficient (Wildman–Crippen LogP) is 6.25. The van der Waals surface area contributed by atoms with Crippen molar-refractivity contribution in [1.82, 2.24) is 0 Å². The quantitative estimate of drug-likeness (QED) is 0.625. The second-order valence-corrected chi connectivity index (χ2v) is 6.63. The summed E-state index contributed by atoms with van der Waals surface area (Å²) < 4.78 is 27.6. The van der Waals surface area contributed by atoms with Gasteiger partial charge in [0.15, 0.2) is 0 Å². The smallest absolute Gasteiger partial charge is 0.103 e. The van der Waals surface area contributed by atoms with E-state index in [1.807, 2.05) is 18.2 Å². The molecule has 1 fully saturated rings. The predicted molar refractivity (Wildman–Crippen MR) is 92.3 cm³/mol. The third kappa shape index (κ3) is 3.80. The molecule has 1 aliphatic rings. The van der Waals surface area contributed by atoms with Crippen LogP contribution in [0.25, 0.3) is 11.1 Å². The van der Waals surface area contributed by atoms with E-state index in [-0.39, 0.29) is 12.3 Å². The number of alkyl halides is 2. The largest absolute Gasteiger partial charge is 0.247 e. The maximum atomic E-state index is 13.8. The molecule has 2 heteroatoms. The van der Waals surface area contributed by atoms with Crippen molar-refractivity contribution in [1.29, 1.82) is 0 Å². The van der Waals surface area contributed by atoms with Gasteiger partial charge < -0.3 is 0 Å². The van der Waals surface area contributed by atoms with Gasteiger partial charge in [0.2, 0.25) is 0 Å². The Labute approximate surface area is 137 Å². The summed E-state index contributed by atoms with van der Waals surface area (Å²) in [5.41, 5.74) is 4.67. The molecule has 0 radical (unpaired) electrons. The number of aryl methyl sites for hydroxylation is 1. The first kappa shape index (κ1) is 16.2. The lowest BCUT2D eigenvalue weighted by atomic mass is 9.79. The molecule has 0 aliphatic heterocycles. The van der Waals surface area contributed by atoms with Crippen LogP contribution in [0, 0.1) is 0 Å². The fourth-order valence-corrected chi connectivity index (χ4v) is 3.69. The summed E-state index contributed by atoms with van der Waals surface area (Å²) >= 11 is 0. The van der Waals surface area contributed by atoms with Crippen LogP contribution in [0.2, 0.25) is 0 Å². The first-order valence-corrected chi connectivity index (χ1v) is 8.63. The lowest BCUT2D eigenvalue weighted by Gasteiger charge is -2.29. The summed E-state index contributed by atoms with van der Waals surface area (Å²) in [5.74, 6) is -0.0275. The molecule has 1 saturated carbocycles. The Bertz CT molecular complexity index is 623. The van der Waals surface area contributed by atoms with Crippen LogP contribution in [-0.4, -0.2) is 12.3 Å². The van der Waals surface area contributed by atoms with E-state index in [0.717, 1.165) is 29.5 Å². The molecule has 0 amide bonds. The van der Waals surface area contributed by atoms with Crippen molar-refractivity contribution >= 4 is 0 Å². The number of halogens is 2. The zero-order valence-corrected chi connectivity index (χ0v) is 13.6. The highest BCUT2D eigenvalue weighted by molar-refractivity contribution is 5.68. The lowest BCUT2D eigenvalue weighted by Crippen LogP contribution is -2.23. The molecule has 2 aromatic rings. The molecule has 122 valence electrons. The van der Waals surface area contributed by atoms with Crippen molar-refractivity contribution in [3.05, 3.63) is 59.7 Å². The van der Waals surface area contributed by atoms with Gasteiger partial charge in [0.1, 0.15) is 12.3 Å². The van der Waals surface area contributed by atoms with Crippen LogP contribution in [-0.2, 0) is 6.42 Å². The van der Waals surface area contributed by atoms with E-state index in [0.29, 0.717) is 12.8 Å². The zero-order valence-electron chi connectivity index (χ0n) is 13.6. The van der Waals surface area contributed by atoms with Gasteiger partial charge in [0, 0.05) is 6.42 Å². The number of hydrogen-bond acceptors (Lipinski definition) is 0. The highest BCUT2D eigenvalue weighted by Crippen LogP contribution is 2.40. The minimum atomic E-state index is -1.02. The second-order valence-electron chi connectivity index (χ2n) is 6.63. The molecule has 0 N–H and O–H groups in total. The monoisotopic (exact) mass is 314 g/mol. The third-order valence-electron chi connectivity index (χ3n) is 4.80. The van der Waals surface area contributed by atoms with E-state index >= 15 is 0 Å². The molecular formula is C21H24F2. The van der Waals surface area contributed by atoms with Crippen LogP contribution in [0.5, 0.6) is 0 Å². The number of hydrogen-bond donors (Lipinski definition) is 0. The van der Waals surface area contributed by atoms with Crippen LogP contribution >= 0.6 is 0 Å². The summed E-state index contributed by atoms with van der Waals surface area (Å²) in [7, 11) is 0. The fraction of sp³-hybridized carbons (Fsp3) is 0.429. The molecule has 0 aromatic heterocycles. The molecule has 3 rings (SSSR count). The van der Waals surface area contributed by atoms with Gasteiger partial charge in [-0.05, 0) is 47.4 Å². The normalized spacial score (nSPS) is 24.6. The molecule has 0 spiro atoms. The summed E-state index contributed by atoms with van der Waals surface area (Å²) in [6, 6.07) is 16.7. The van der Waals surface area contributed by atoms with Crippen molar-refractivity contribution in [2.45, 2.75) is 57.3 Å². The average Bonchev–Trinajstić information content (AvgIpc) is 2.55. The van der Waals surface area contributed by atoms with Crippen molar-refractivity contribution in [3.63, 3.8) is 0 Å². The Kier molecular flexibility index (Phi) is 5.09. The Morgan fingerprint density at radius 1 is 0.870 bits per heavy atom. The average molecular weight is 314 g/mol. The molecule has 0 nitrogen and oxygen atoms in total. The Morgan fingerprint density at radius 2 is 1.52 bits per heavy atom. The van der Waals surface area contributed by atoms with Crippen LogP contribution in [0.4, 0.5) is 8.78 Å². The molecule has 2 unspecified atom stereocenters. The maximum absolute atomic E-state index is 13.8. The summed E-state index contributed by atoms with van der Waals surface area (Å²) in [5, 5.41) is 0. The third-order valence-corrected chi connectivity index (χ3v) is 4.80. The van der Waals surface area contributed by atoms with E-state index in [1.54, 1.807) is 0 Å². The topological polar surface area (TPSA) is 0 Å². The molecule has 23 heavy (non-hydrogen) atoms. The Balaban J connectivity index is 1.91. The number of benzene rings is 2. The standard InChI is InChI=1S/C21H24F2/c1-2-5-15-8-10-16(11-9-15)20-6-3-4-7-21(20)17-12-18(22)14-19(23)13-17/h3-4,6-11,17-19H,2,5,12-14H2,1H3. The van der Waals surface area contributed by atoms with Gasteiger partial charge in [0.05, 0.1) is 0 Å². The molecule has 0 bridgehead atoms. The van der Waals surface area contributed by atoms with Gasteiger partial charge >= 0.3 is 0 Å². The summed E-state index contributed by atoms with van der Waals surface area (Å²) in [4.78, 5) is 0. The van der Waals surface area contributed by atoms with Gasteiger partial charge in [-0.1, -0.05) is 61.9 Å². The lowest BCUT2D eigenvalue weighted by molar-refractivity contribution is 0.142. The zero-order chi connectivity index (χ0) is 16.2. The van der Waals surface area contributed by atoms with Crippen LogP contribution in [0.15, 0.2) is 48.5 Å². The molecule has 2 aromatic carbocycles. The van der Waals surface area contributed by atoms with E-state index in [1.165, 1.54) is 5.56 Å². The van der Waals surface area contributed by atoms with Crippen LogP contribution in [0.3, 0.4) is 0 Å². The van der Waals surface area contributed by atoms with Gasteiger partial charge in [-0.3, -0.25) is 0 Å². The number of rotatable bonds is 4. The minimum absolute atomic E-state index is 0.0275. The SMILES string of the molecule is CCCc1ccc(-c2ccccc2C2CC(F)CC(F)C2)cc1. The van der Waals surface area contributed by atoms with E-state index in [4.69, 9.17) is 0 Å². The van der Waals surface area contributed by atoms with Crippen LogP contribution < -0.4 is 0 Å². The second kappa shape index (κ2) is 7.25.